The van der Waals surface area contributed by atoms with Crippen LogP contribution in [0.1, 0.15) is 26.7 Å². The van der Waals surface area contributed by atoms with E-state index >= 15 is 0 Å². The Bertz CT molecular complexity index is 565. The summed E-state index contributed by atoms with van der Waals surface area (Å²) in [5, 5.41) is 3.29. The van der Waals surface area contributed by atoms with Crippen LogP contribution in [0.3, 0.4) is 0 Å². The molecule has 1 aromatic rings. The smallest absolute Gasteiger partial charge is 0.317 e. The van der Waals surface area contributed by atoms with Crippen LogP contribution in [0.2, 0.25) is 0 Å². The van der Waals surface area contributed by atoms with Gasteiger partial charge in [0.15, 0.2) is 0 Å². The lowest BCUT2D eigenvalue weighted by atomic mass is 9.86. The van der Waals surface area contributed by atoms with Gasteiger partial charge in [0.1, 0.15) is 5.54 Å². The maximum Gasteiger partial charge on any atom is 0.332 e. The minimum absolute atomic E-state index is 0.0640. The Balaban J connectivity index is 2.01. The molecule has 0 saturated carbocycles. The van der Waals surface area contributed by atoms with Gasteiger partial charge in [-0.05, 0) is 44.0 Å². The van der Waals surface area contributed by atoms with E-state index in [-0.39, 0.29) is 11.9 Å². The van der Waals surface area contributed by atoms with E-state index in [1.54, 1.807) is 0 Å². The molecule has 0 radical (unpaired) electrons. The molecule has 0 unspecified atom stereocenters. The van der Waals surface area contributed by atoms with Crippen molar-refractivity contribution in [3.8, 4) is 0 Å². The van der Waals surface area contributed by atoms with Gasteiger partial charge in [0.05, 0.1) is 5.69 Å². The van der Waals surface area contributed by atoms with Crippen LogP contribution in [-0.2, 0) is 4.79 Å². The molecule has 2 heterocycles. The topological polar surface area (TPSA) is 52.7 Å². The Hall–Kier alpha value is -1.88. The average molecular weight is 301 g/mol. The van der Waals surface area contributed by atoms with Crippen LogP contribution in [0.15, 0.2) is 30.3 Å². The highest BCUT2D eigenvalue weighted by molar-refractivity contribution is 6.23. The molecule has 2 aliphatic rings. The predicted molar refractivity (Wildman–Crippen MR) is 85.7 cm³/mol. The summed E-state index contributed by atoms with van der Waals surface area (Å²) in [7, 11) is 0. The Labute approximate surface area is 131 Å². The number of piperidine rings is 1. The molecule has 0 aromatic heterocycles. The van der Waals surface area contributed by atoms with Crippen LogP contribution < -0.4 is 10.2 Å². The molecule has 2 aliphatic heterocycles. The molecule has 1 spiro atoms. The molecule has 0 atom stereocenters. The van der Waals surface area contributed by atoms with Gasteiger partial charge in [-0.2, -0.15) is 0 Å². The zero-order valence-electron chi connectivity index (χ0n) is 13.2. The normalized spacial score (nSPS) is 21.2. The number of para-hydroxylation sites is 1. The standard InChI is InChI=1S/C17H23N3O2/c1-13(2)12-19-16(22)20(14-6-4-3-5-7-14)15(21)17(19)8-10-18-11-9-17/h3-7,13,18H,8-12H2,1-2H3. The van der Waals surface area contributed by atoms with Gasteiger partial charge in [-0.25, -0.2) is 9.69 Å². The van der Waals surface area contributed by atoms with Crippen LogP contribution in [-0.4, -0.2) is 42.0 Å². The second-order valence-electron chi connectivity index (χ2n) is 6.54. The number of carbonyl (C=O) groups is 2. The molecule has 22 heavy (non-hydrogen) atoms. The van der Waals surface area contributed by atoms with Crippen molar-refractivity contribution in [2.24, 2.45) is 5.92 Å². The number of hydrogen-bond donors (Lipinski definition) is 1. The molecule has 5 nitrogen and oxygen atoms in total. The fourth-order valence-corrected chi connectivity index (χ4v) is 3.46. The number of urea groups is 1. The Morgan fingerprint density at radius 2 is 1.77 bits per heavy atom. The van der Waals surface area contributed by atoms with E-state index in [9.17, 15) is 9.59 Å². The first kappa shape index (κ1) is 15.0. The van der Waals surface area contributed by atoms with E-state index in [1.165, 1.54) is 4.90 Å². The van der Waals surface area contributed by atoms with E-state index in [2.05, 4.69) is 19.2 Å². The third kappa shape index (κ3) is 2.29. The molecule has 1 aromatic carbocycles. The second-order valence-corrected chi connectivity index (χ2v) is 6.54. The number of amides is 3. The molecular weight excluding hydrogens is 278 g/mol. The third-order valence-corrected chi connectivity index (χ3v) is 4.53. The molecule has 2 fully saturated rings. The van der Waals surface area contributed by atoms with Gasteiger partial charge in [0.2, 0.25) is 0 Å². The number of imide groups is 1. The quantitative estimate of drug-likeness (QED) is 0.871. The lowest BCUT2D eigenvalue weighted by Gasteiger charge is -2.39. The first-order valence-electron chi connectivity index (χ1n) is 7.98. The molecule has 0 aliphatic carbocycles. The number of carbonyl (C=O) groups excluding carboxylic acids is 2. The predicted octanol–water partition coefficient (Wildman–Crippen LogP) is 2.23. The number of rotatable bonds is 3. The minimum Gasteiger partial charge on any atom is -0.317 e. The van der Waals surface area contributed by atoms with Crippen LogP contribution >= 0.6 is 0 Å². The molecule has 3 rings (SSSR count). The van der Waals surface area contributed by atoms with Gasteiger partial charge in [-0.15, -0.1) is 0 Å². The summed E-state index contributed by atoms with van der Waals surface area (Å²) in [6.45, 7) is 6.33. The summed E-state index contributed by atoms with van der Waals surface area (Å²) in [6, 6.07) is 9.08. The van der Waals surface area contributed by atoms with Crippen molar-refractivity contribution in [3.05, 3.63) is 30.3 Å². The molecule has 0 bridgehead atoms. The second kappa shape index (κ2) is 5.72. The Kier molecular flexibility index (Phi) is 3.91. The highest BCUT2D eigenvalue weighted by Gasteiger charge is 2.57. The van der Waals surface area contributed by atoms with Gasteiger partial charge < -0.3 is 10.2 Å². The van der Waals surface area contributed by atoms with Crippen LogP contribution in [0.4, 0.5) is 10.5 Å². The largest absolute Gasteiger partial charge is 0.332 e. The molecular formula is C17H23N3O2. The highest BCUT2D eigenvalue weighted by atomic mass is 16.2. The summed E-state index contributed by atoms with van der Waals surface area (Å²) in [4.78, 5) is 29.2. The van der Waals surface area contributed by atoms with E-state index in [1.807, 2.05) is 35.2 Å². The number of anilines is 1. The van der Waals surface area contributed by atoms with Crippen LogP contribution in [0.25, 0.3) is 0 Å². The molecule has 1 N–H and O–H groups in total. The van der Waals surface area contributed by atoms with E-state index in [0.717, 1.165) is 13.1 Å². The summed E-state index contributed by atoms with van der Waals surface area (Å²) in [6.07, 6.45) is 1.38. The summed E-state index contributed by atoms with van der Waals surface area (Å²) >= 11 is 0. The summed E-state index contributed by atoms with van der Waals surface area (Å²) in [5.74, 6) is 0.269. The fraction of sp³-hybridized carbons (Fsp3) is 0.529. The van der Waals surface area contributed by atoms with E-state index in [0.29, 0.717) is 31.0 Å². The first-order valence-corrected chi connectivity index (χ1v) is 7.98. The van der Waals surface area contributed by atoms with Crippen molar-refractivity contribution in [1.29, 1.82) is 0 Å². The SMILES string of the molecule is CC(C)CN1C(=O)N(c2ccccc2)C(=O)C12CCNCC2. The van der Waals surface area contributed by atoms with Crippen LogP contribution in [0.5, 0.6) is 0 Å². The van der Waals surface area contributed by atoms with Gasteiger partial charge in [-0.1, -0.05) is 32.0 Å². The lowest BCUT2D eigenvalue weighted by Crippen LogP contribution is -2.56. The fourth-order valence-electron chi connectivity index (χ4n) is 3.46. The van der Waals surface area contributed by atoms with Crippen molar-refractivity contribution in [2.75, 3.05) is 24.5 Å². The van der Waals surface area contributed by atoms with E-state index in [4.69, 9.17) is 0 Å². The van der Waals surface area contributed by atoms with Gasteiger partial charge >= 0.3 is 6.03 Å². The molecule has 118 valence electrons. The molecule has 5 heteroatoms. The summed E-state index contributed by atoms with van der Waals surface area (Å²) in [5.41, 5.74) is 0.00397. The summed E-state index contributed by atoms with van der Waals surface area (Å²) < 4.78 is 0. The highest BCUT2D eigenvalue weighted by Crippen LogP contribution is 2.38. The zero-order chi connectivity index (χ0) is 15.7. The lowest BCUT2D eigenvalue weighted by molar-refractivity contribution is -0.126. The monoisotopic (exact) mass is 301 g/mol. The van der Waals surface area contributed by atoms with Gasteiger partial charge in [-0.3, -0.25) is 4.79 Å². The van der Waals surface area contributed by atoms with Crippen LogP contribution in [0, 0.1) is 5.92 Å². The molecule has 2 saturated heterocycles. The van der Waals surface area contributed by atoms with Crippen molar-refractivity contribution in [3.63, 3.8) is 0 Å². The first-order chi connectivity index (χ1) is 10.6. The van der Waals surface area contributed by atoms with Crippen molar-refractivity contribution >= 4 is 17.6 Å². The zero-order valence-corrected chi connectivity index (χ0v) is 13.2. The maximum atomic E-state index is 13.1. The Morgan fingerprint density at radius 1 is 1.14 bits per heavy atom. The van der Waals surface area contributed by atoms with Gasteiger partial charge in [0, 0.05) is 6.54 Å². The molecule has 3 amide bonds. The van der Waals surface area contributed by atoms with Crippen molar-refractivity contribution in [1.82, 2.24) is 10.2 Å². The number of hydrogen-bond acceptors (Lipinski definition) is 3. The number of nitrogens with one attached hydrogen (secondary N) is 1. The third-order valence-electron chi connectivity index (χ3n) is 4.53. The number of nitrogens with zero attached hydrogens (tertiary/aromatic N) is 2. The van der Waals surface area contributed by atoms with E-state index < -0.39 is 5.54 Å². The van der Waals surface area contributed by atoms with Crippen molar-refractivity contribution in [2.45, 2.75) is 32.2 Å². The average Bonchev–Trinajstić information content (AvgIpc) is 2.71. The minimum atomic E-state index is -0.664. The Morgan fingerprint density at radius 3 is 2.36 bits per heavy atom. The number of benzene rings is 1. The van der Waals surface area contributed by atoms with Gasteiger partial charge in [0.25, 0.3) is 5.91 Å². The van der Waals surface area contributed by atoms with Crippen molar-refractivity contribution < 1.29 is 9.59 Å². The maximum absolute atomic E-state index is 13.1.